The van der Waals surface area contributed by atoms with Crippen LogP contribution in [-0.4, -0.2) is 22.4 Å². The summed E-state index contributed by atoms with van der Waals surface area (Å²) < 4.78 is 5.64. The lowest BCUT2D eigenvalue weighted by Gasteiger charge is -2.25. The van der Waals surface area contributed by atoms with E-state index in [1.165, 1.54) is 21.7 Å². The first kappa shape index (κ1) is 12.6. The van der Waals surface area contributed by atoms with E-state index in [2.05, 4.69) is 37.3 Å². The molecule has 0 radical (unpaired) electrons. The number of aliphatic hydroxyl groups is 2. The second-order valence-electron chi connectivity index (χ2n) is 6.34. The zero-order valence-corrected chi connectivity index (χ0v) is 12.2. The molecule has 4 atom stereocenters. The fourth-order valence-electron chi connectivity index (χ4n) is 3.96. The van der Waals surface area contributed by atoms with Crippen molar-refractivity contribution in [1.29, 1.82) is 0 Å². The zero-order chi connectivity index (χ0) is 15.0. The minimum atomic E-state index is -0.866. The predicted molar refractivity (Wildman–Crippen MR) is 84.8 cm³/mol. The van der Waals surface area contributed by atoms with Crippen molar-refractivity contribution in [3.8, 4) is 0 Å². The minimum absolute atomic E-state index is 0.0855. The van der Waals surface area contributed by atoms with E-state index in [-0.39, 0.29) is 12.2 Å². The van der Waals surface area contributed by atoms with E-state index in [1.54, 1.807) is 0 Å². The van der Waals surface area contributed by atoms with Gasteiger partial charge in [-0.05, 0) is 51.2 Å². The maximum absolute atomic E-state index is 10.3. The van der Waals surface area contributed by atoms with Gasteiger partial charge in [0.2, 0.25) is 0 Å². The molecule has 1 fully saturated rings. The van der Waals surface area contributed by atoms with Gasteiger partial charge in [-0.25, -0.2) is 0 Å². The number of benzene rings is 3. The number of rotatable bonds is 0. The van der Waals surface area contributed by atoms with Crippen molar-refractivity contribution < 1.29 is 14.9 Å². The van der Waals surface area contributed by atoms with Gasteiger partial charge in [0.25, 0.3) is 0 Å². The lowest BCUT2D eigenvalue weighted by molar-refractivity contribution is 0.000105. The number of hydrogen-bond acceptors (Lipinski definition) is 3. The van der Waals surface area contributed by atoms with Crippen LogP contribution in [-0.2, 0) is 4.74 Å². The maximum atomic E-state index is 10.3. The SMILES string of the molecule is Cc1c2ccccc2cc2c3c(ccc12)[C@H](O)C(O)[C@@H]1O[C@H]31. The third-order valence-electron chi connectivity index (χ3n) is 5.18. The molecule has 1 aliphatic carbocycles. The van der Waals surface area contributed by atoms with E-state index in [0.29, 0.717) is 0 Å². The van der Waals surface area contributed by atoms with E-state index in [0.717, 1.165) is 16.5 Å². The first-order valence-electron chi connectivity index (χ1n) is 7.63. The Bertz CT molecular complexity index is 931. The molecule has 0 amide bonds. The van der Waals surface area contributed by atoms with E-state index in [4.69, 9.17) is 4.74 Å². The van der Waals surface area contributed by atoms with Crippen molar-refractivity contribution in [1.82, 2.24) is 0 Å². The molecule has 0 bridgehead atoms. The highest BCUT2D eigenvalue weighted by Crippen LogP contribution is 2.53. The van der Waals surface area contributed by atoms with Crippen molar-refractivity contribution in [3.63, 3.8) is 0 Å². The van der Waals surface area contributed by atoms with E-state index in [1.807, 2.05) is 12.1 Å². The molecule has 1 aliphatic heterocycles. The fraction of sp³-hybridized carbons (Fsp3) is 0.263. The molecule has 3 heteroatoms. The monoisotopic (exact) mass is 292 g/mol. The van der Waals surface area contributed by atoms with Crippen molar-refractivity contribution in [2.24, 2.45) is 0 Å². The van der Waals surface area contributed by atoms with Gasteiger partial charge >= 0.3 is 0 Å². The lowest BCUT2D eigenvalue weighted by Crippen LogP contribution is -2.29. The molecule has 3 nitrogen and oxygen atoms in total. The number of aliphatic hydroxyl groups excluding tert-OH is 2. The topological polar surface area (TPSA) is 53.0 Å². The average Bonchev–Trinajstić information content (AvgIpc) is 3.33. The lowest BCUT2D eigenvalue weighted by atomic mass is 9.83. The smallest absolute Gasteiger partial charge is 0.118 e. The highest BCUT2D eigenvalue weighted by molar-refractivity contribution is 6.04. The van der Waals surface area contributed by atoms with Gasteiger partial charge in [-0.3, -0.25) is 0 Å². The summed E-state index contributed by atoms with van der Waals surface area (Å²) >= 11 is 0. The predicted octanol–water partition coefficient (Wildman–Crippen LogP) is 3.15. The first-order chi connectivity index (χ1) is 10.7. The molecule has 3 aromatic carbocycles. The normalized spacial score (nSPS) is 29.4. The van der Waals surface area contributed by atoms with Crippen LogP contribution < -0.4 is 0 Å². The summed E-state index contributed by atoms with van der Waals surface area (Å²) in [4.78, 5) is 0. The van der Waals surface area contributed by atoms with Crippen LogP contribution in [0.3, 0.4) is 0 Å². The molecule has 22 heavy (non-hydrogen) atoms. The van der Waals surface area contributed by atoms with Crippen LogP contribution >= 0.6 is 0 Å². The van der Waals surface area contributed by atoms with Crippen molar-refractivity contribution in [2.45, 2.75) is 31.3 Å². The summed E-state index contributed by atoms with van der Waals surface area (Å²) in [5, 5.41) is 25.2. The van der Waals surface area contributed by atoms with E-state index >= 15 is 0 Å². The van der Waals surface area contributed by atoms with Gasteiger partial charge in [0, 0.05) is 0 Å². The Hall–Kier alpha value is -1.94. The summed E-state index contributed by atoms with van der Waals surface area (Å²) in [7, 11) is 0. The Kier molecular flexibility index (Phi) is 2.33. The van der Waals surface area contributed by atoms with Gasteiger partial charge in [0.1, 0.15) is 24.4 Å². The summed E-state index contributed by atoms with van der Waals surface area (Å²) in [6.07, 6.45) is -2.04. The van der Waals surface area contributed by atoms with Gasteiger partial charge in [0.05, 0.1) is 0 Å². The Labute approximate surface area is 127 Å². The van der Waals surface area contributed by atoms with Crippen LogP contribution in [0.15, 0.2) is 42.5 Å². The molecule has 2 aliphatic rings. The summed E-state index contributed by atoms with van der Waals surface area (Å²) in [6, 6.07) is 14.5. The van der Waals surface area contributed by atoms with Gasteiger partial charge in [-0.1, -0.05) is 36.4 Å². The van der Waals surface area contributed by atoms with Crippen molar-refractivity contribution in [2.75, 3.05) is 0 Å². The third-order valence-corrected chi connectivity index (χ3v) is 5.18. The fourth-order valence-corrected chi connectivity index (χ4v) is 3.96. The number of ether oxygens (including phenoxy) is 1. The van der Waals surface area contributed by atoms with E-state index < -0.39 is 12.2 Å². The molecular formula is C19H16O3. The molecule has 3 aromatic rings. The largest absolute Gasteiger partial charge is 0.387 e. The average molecular weight is 292 g/mol. The quantitative estimate of drug-likeness (QED) is 0.494. The molecule has 110 valence electrons. The second kappa shape index (κ2) is 4.07. The highest BCUT2D eigenvalue weighted by atomic mass is 16.6. The minimum Gasteiger partial charge on any atom is -0.387 e. The summed E-state index contributed by atoms with van der Waals surface area (Å²) in [6.45, 7) is 2.14. The summed E-state index contributed by atoms with van der Waals surface area (Å²) in [5.74, 6) is 0. The molecule has 2 N–H and O–H groups in total. The Morgan fingerprint density at radius 1 is 0.955 bits per heavy atom. The second-order valence-corrected chi connectivity index (χ2v) is 6.34. The molecule has 0 aromatic heterocycles. The highest BCUT2D eigenvalue weighted by Gasteiger charge is 2.54. The number of epoxide rings is 1. The third kappa shape index (κ3) is 1.46. The molecule has 5 rings (SSSR count). The van der Waals surface area contributed by atoms with Gasteiger partial charge in [-0.15, -0.1) is 0 Å². The maximum Gasteiger partial charge on any atom is 0.118 e. The molecule has 1 saturated heterocycles. The Morgan fingerprint density at radius 3 is 2.64 bits per heavy atom. The van der Waals surface area contributed by atoms with Gasteiger partial charge in [0.15, 0.2) is 0 Å². The van der Waals surface area contributed by atoms with Crippen molar-refractivity contribution >= 4 is 21.5 Å². The van der Waals surface area contributed by atoms with Gasteiger partial charge < -0.3 is 14.9 Å². The van der Waals surface area contributed by atoms with Gasteiger partial charge in [-0.2, -0.15) is 0 Å². The standard InChI is InChI=1S/C19H16O3/c1-9-11-5-3-2-4-10(11)8-14-12(9)6-7-13-15(14)18-19(22-18)17(21)16(13)20/h2-8,16-21H,1H3/t16-,17?,18+,19-/m0/s1. The van der Waals surface area contributed by atoms with Crippen LogP contribution in [0.1, 0.15) is 28.9 Å². The van der Waals surface area contributed by atoms with Crippen molar-refractivity contribution in [3.05, 3.63) is 59.2 Å². The molecule has 1 heterocycles. The number of fused-ring (bicyclic) bond motifs is 6. The van der Waals surface area contributed by atoms with Crippen LogP contribution in [0, 0.1) is 6.92 Å². The zero-order valence-electron chi connectivity index (χ0n) is 12.2. The number of hydrogen-bond donors (Lipinski definition) is 2. The molecular weight excluding hydrogens is 276 g/mol. The Morgan fingerprint density at radius 2 is 1.77 bits per heavy atom. The molecule has 0 saturated carbocycles. The molecule has 1 unspecified atom stereocenters. The Balaban J connectivity index is 1.91. The van der Waals surface area contributed by atoms with E-state index in [9.17, 15) is 10.2 Å². The summed E-state index contributed by atoms with van der Waals surface area (Å²) in [5.41, 5.74) is 3.09. The van der Waals surface area contributed by atoms with Crippen LogP contribution in [0.2, 0.25) is 0 Å². The first-order valence-corrected chi connectivity index (χ1v) is 7.63. The van der Waals surface area contributed by atoms with Crippen LogP contribution in [0.5, 0.6) is 0 Å². The number of aryl methyl sites for hydroxylation is 1. The van der Waals surface area contributed by atoms with Crippen LogP contribution in [0.4, 0.5) is 0 Å². The molecule has 0 spiro atoms. The van der Waals surface area contributed by atoms with Crippen LogP contribution in [0.25, 0.3) is 21.5 Å².